The SMILES string of the molecule is CC(=NNC(=O)c1cccc([N+](=O)[O-])c1)c1ccc(C(C)(C)C)cc1. The molecule has 1 N–H and O–H groups in total. The predicted molar refractivity (Wildman–Crippen MR) is 97.9 cm³/mol. The summed E-state index contributed by atoms with van der Waals surface area (Å²) in [5.41, 5.74) is 5.32. The number of non-ortho nitro benzene ring substituents is 1. The molecule has 0 saturated carbocycles. The van der Waals surface area contributed by atoms with Crippen molar-refractivity contribution in [2.24, 2.45) is 5.10 Å². The first-order valence-electron chi connectivity index (χ1n) is 7.88. The summed E-state index contributed by atoms with van der Waals surface area (Å²) >= 11 is 0. The fourth-order valence-electron chi connectivity index (χ4n) is 2.24. The van der Waals surface area contributed by atoms with E-state index in [2.05, 4.69) is 31.3 Å². The van der Waals surface area contributed by atoms with Gasteiger partial charge in [-0.05, 0) is 29.5 Å². The van der Waals surface area contributed by atoms with E-state index in [4.69, 9.17) is 0 Å². The summed E-state index contributed by atoms with van der Waals surface area (Å²) in [5, 5.41) is 14.9. The number of hydrogen-bond acceptors (Lipinski definition) is 4. The molecule has 6 heteroatoms. The fraction of sp³-hybridized carbons (Fsp3) is 0.263. The molecule has 0 aliphatic heterocycles. The van der Waals surface area contributed by atoms with Crippen molar-refractivity contribution in [3.8, 4) is 0 Å². The molecule has 0 aromatic heterocycles. The molecule has 0 heterocycles. The number of nitro benzene ring substituents is 1. The number of rotatable bonds is 4. The molecule has 1 amide bonds. The Kier molecular flexibility index (Phi) is 5.32. The summed E-state index contributed by atoms with van der Waals surface area (Å²) in [4.78, 5) is 22.3. The lowest BCUT2D eigenvalue weighted by molar-refractivity contribution is -0.384. The largest absolute Gasteiger partial charge is 0.271 e. The van der Waals surface area contributed by atoms with Crippen LogP contribution in [0.15, 0.2) is 53.6 Å². The second-order valence-electron chi connectivity index (χ2n) is 6.77. The highest BCUT2D eigenvalue weighted by atomic mass is 16.6. The molecular weight excluding hydrogens is 318 g/mol. The van der Waals surface area contributed by atoms with Gasteiger partial charge < -0.3 is 0 Å². The monoisotopic (exact) mass is 339 g/mol. The molecule has 6 nitrogen and oxygen atoms in total. The number of carbonyl (C=O) groups is 1. The lowest BCUT2D eigenvalue weighted by atomic mass is 9.86. The fourth-order valence-corrected chi connectivity index (χ4v) is 2.24. The number of amides is 1. The normalized spacial score (nSPS) is 11.9. The average molecular weight is 339 g/mol. The molecule has 2 aromatic carbocycles. The van der Waals surface area contributed by atoms with Gasteiger partial charge in [-0.3, -0.25) is 14.9 Å². The van der Waals surface area contributed by atoms with Crippen LogP contribution < -0.4 is 5.43 Å². The standard InChI is InChI=1S/C19H21N3O3/c1-13(14-8-10-16(11-9-14)19(2,3)4)20-21-18(23)15-6-5-7-17(12-15)22(24)25/h5-12H,1-4H3,(H,21,23). The van der Waals surface area contributed by atoms with E-state index < -0.39 is 10.8 Å². The molecule has 0 spiro atoms. The van der Waals surface area contributed by atoms with Gasteiger partial charge in [0.1, 0.15) is 0 Å². The number of hydrazone groups is 1. The van der Waals surface area contributed by atoms with Gasteiger partial charge in [0.2, 0.25) is 0 Å². The molecular formula is C19H21N3O3. The van der Waals surface area contributed by atoms with E-state index in [1.54, 1.807) is 6.92 Å². The van der Waals surface area contributed by atoms with Crippen LogP contribution in [0.1, 0.15) is 49.2 Å². The van der Waals surface area contributed by atoms with Crippen molar-refractivity contribution in [3.63, 3.8) is 0 Å². The van der Waals surface area contributed by atoms with Crippen LogP contribution >= 0.6 is 0 Å². The van der Waals surface area contributed by atoms with Gasteiger partial charge in [0.25, 0.3) is 11.6 Å². The molecule has 25 heavy (non-hydrogen) atoms. The van der Waals surface area contributed by atoms with Crippen LogP contribution in [0.2, 0.25) is 0 Å². The Morgan fingerprint density at radius 3 is 2.28 bits per heavy atom. The summed E-state index contributed by atoms with van der Waals surface area (Å²) in [5.74, 6) is -0.491. The van der Waals surface area contributed by atoms with Gasteiger partial charge in [-0.25, -0.2) is 5.43 Å². The summed E-state index contributed by atoms with van der Waals surface area (Å²) in [7, 11) is 0. The van der Waals surface area contributed by atoms with Crippen molar-refractivity contribution in [3.05, 3.63) is 75.3 Å². The van der Waals surface area contributed by atoms with Crippen LogP contribution in [0.25, 0.3) is 0 Å². The van der Waals surface area contributed by atoms with Gasteiger partial charge in [-0.1, -0.05) is 51.1 Å². The van der Waals surface area contributed by atoms with Crippen LogP contribution in [0.3, 0.4) is 0 Å². The number of nitrogens with one attached hydrogen (secondary N) is 1. The lowest BCUT2D eigenvalue weighted by Gasteiger charge is -2.19. The molecule has 0 bridgehead atoms. The molecule has 2 aromatic rings. The Balaban J connectivity index is 2.11. The first kappa shape index (κ1) is 18.3. The third-order valence-corrected chi connectivity index (χ3v) is 3.81. The summed E-state index contributed by atoms with van der Waals surface area (Å²) in [6, 6.07) is 13.5. The molecule has 0 aliphatic rings. The Bertz CT molecular complexity index is 819. The van der Waals surface area contributed by atoms with Crippen LogP contribution in [0.4, 0.5) is 5.69 Å². The average Bonchev–Trinajstić information content (AvgIpc) is 2.58. The van der Waals surface area contributed by atoms with Crippen LogP contribution in [-0.2, 0) is 5.41 Å². The summed E-state index contributed by atoms with van der Waals surface area (Å²) in [6.45, 7) is 8.21. The second-order valence-corrected chi connectivity index (χ2v) is 6.77. The topological polar surface area (TPSA) is 84.6 Å². The van der Waals surface area contributed by atoms with Crippen LogP contribution in [0, 0.1) is 10.1 Å². The first-order chi connectivity index (χ1) is 11.7. The zero-order valence-corrected chi connectivity index (χ0v) is 14.7. The number of hydrogen-bond donors (Lipinski definition) is 1. The summed E-state index contributed by atoms with van der Waals surface area (Å²) in [6.07, 6.45) is 0. The van der Waals surface area contributed by atoms with E-state index >= 15 is 0 Å². The van der Waals surface area contributed by atoms with Gasteiger partial charge in [0.15, 0.2) is 0 Å². The number of carbonyl (C=O) groups excluding carboxylic acids is 1. The van der Waals surface area contributed by atoms with Crippen molar-refractivity contribution in [1.29, 1.82) is 0 Å². The van der Waals surface area contributed by atoms with Crippen molar-refractivity contribution in [1.82, 2.24) is 5.43 Å². The molecule has 0 fully saturated rings. The maximum absolute atomic E-state index is 12.1. The highest BCUT2D eigenvalue weighted by molar-refractivity contribution is 6.01. The molecule has 0 radical (unpaired) electrons. The smallest absolute Gasteiger partial charge is 0.267 e. The maximum Gasteiger partial charge on any atom is 0.271 e. The number of benzene rings is 2. The van der Waals surface area contributed by atoms with Crippen molar-refractivity contribution in [2.45, 2.75) is 33.1 Å². The van der Waals surface area contributed by atoms with Crippen LogP contribution in [-0.4, -0.2) is 16.5 Å². The van der Waals surface area contributed by atoms with Crippen molar-refractivity contribution >= 4 is 17.3 Å². The van der Waals surface area contributed by atoms with E-state index in [-0.39, 0.29) is 16.7 Å². The number of nitrogens with zero attached hydrogens (tertiary/aromatic N) is 2. The minimum atomic E-state index is -0.540. The lowest BCUT2D eigenvalue weighted by Crippen LogP contribution is -2.19. The minimum Gasteiger partial charge on any atom is -0.267 e. The van der Waals surface area contributed by atoms with Gasteiger partial charge in [-0.15, -0.1) is 0 Å². The second kappa shape index (κ2) is 7.25. The van der Waals surface area contributed by atoms with E-state index in [0.717, 1.165) is 5.56 Å². The van der Waals surface area contributed by atoms with E-state index in [1.807, 2.05) is 24.3 Å². The highest BCUT2D eigenvalue weighted by Gasteiger charge is 2.14. The van der Waals surface area contributed by atoms with E-state index in [1.165, 1.54) is 29.8 Å². The Morgan fingerprint density at radius 2 is 1.72 bits per heavy atom. The molecule has 2 rings (SSSR count). The van der Waals surface area contributed by atoms with Gasteiger partial charge in [-0.2, -0.15) is 5.10 Å². The third-order valence-electron chi connectivity index (χ3n) is 3.81. The van der Waals surface area contributed by atoms with Crippen molar-refractivity contribution in [2.75, 3.05) is 0 Å². The molecule has 130 valence electrons. The minimum absolute atomic E-state index is 0.0693. The molecule has 0 aliphatic carbocycles. The summed E-state index contributed by atoms with van der Waals surface area (Å²) < 4.78 is 0. The Hall–Kier alpha value is -3.02. The quantitative estimate of drug-likeness (QED) is 0.518. The zero-order chi connectivity index (χ0) is 18.6. The van der Waals surface area contributed by atoms with E-state index in [9.17, 15) is 14.9 Å². The third kappa shape index (κ3) is 4.73. The van der Waals surface area contributed by atoms with Gasteiger partial charge >= 0.3 is 0 Å². The highest BCUT2D eigenvalue weighted by Crippen LogP contribution is 2.22. The van der Waals surface area contributed by atoms with E-state index in [0.29, 0.717) is 5.71 Å². The van der Waals surface area contributed by atoms with Gasteiger partial charge in [0, 0.05) is 17.7 Å². The van der Waals surface area contributed by atoms with Gasteiger partial charge in [0.05, 0.1) is 10.6 Å². The van der Waals surface area contributed by atoms with Crippen LogP contribution in [0.5, 0.6) is 0 Å². The Labute approximate surface area is 146 Å². The molecule has 0 atom stereocenters. The predicted octanol–water partition coefficient (Wildman–Crippen LogP) is 4.05. The molecule has 0 saturated heterocycles. The number of nitro groups is 1. The maximum atomic E-state index is 12.1. The first-order valence-corrected chi connectivity index (χ1v) is 7.88. The van der Waals surface area contributed by atoms with Crippen molar-refractivity contribution < 1.29 is 9.72 Å². The zero-order valence-electron chi connectivity index (χ0n) is 14.7. The molecule has 0 unspecified atom stereocenters. The Morgan fingerprint density at radius 1 is 1.08 bits per heavy atom.